The quantitative estimate of drug-likeness (QED) is 0.273. The zero-order valence-electron chi connectivity index (χ0n) is 23.9. The van der Waals surface area contributed by atoms with Crippen LogP contribution in [0.25, 0.3) is 16.6 Å². The number of rotatable bonds is 6. The molecule has 0 atom stereocenters. The largest absolute Gasteiger partial charge is 0.369 e. The number of aromatic nitrogens is 3. The molecule has 4 aromatic rings. The predicted octanol–water partition coefficient (Wildman–Crippen LogP) is 4.93. The van der Waals surface area contributed by atoms with E-state index >= 15 is 0 Å². The van der Waals surface area contributed by atoms with Crippen LogP contribution in [0.1, 0.15) is 43.9 Å². The molecule has 2 heterocycles. The number of halogens is 1. The van der Waals surface area contributed by atoms with Gasteiger partial charge in [0.2, 0.25) is 0 Å². The summed E-state index contributed by atoms with van der Waals surface area (Å²) in [5, 5.41) is 3.12. The Balaban J connectivity index is 0.00000181. The fourth-order valence-corrected chi connectivity index (χ4v) is 4.60. The molecular weight excluding hydrogens is 511 g/mol. The minimum atomic E-state index is -0.525. The lowest BCUT2D eigenvalue weighted by Gasteiger charge is -2.20. The van der Waals surface area contributed by atoms with Gasteiger partial charge < -0.3 is 10.2 Å². The lowest BCUT2D eigenvalue weighted by atomic mass is 10.1. The number of hydrogen-bond donors (Lipinski definition) is 1. The van der Waals surface area contributed by atoms with Crippen molar-refractivity contribution >= 4 is 34.4 Å². The van der Waals surface area contributed by atoms with E-state index in [0.29, 0.717) is 24.2 Å². The zero-order valence-corrected chi connectivity index (χ0v) is 23.9. The van der Waals surface area contributed by atoms with Gasteiger partial charge in [-0.3, -0.25) is 23.3 Å². The average molecular weight is 547 g/mol. The highest BCUT2D eigenvalue weighted by molar-refractivity contribution is 5.93. The molecular formula is C30H35FN6O3. The molecule has 0 radical (unpaired) electrons. The molecule has 5 rings (SSSR count). The fourth-order valence-electron chi connectivity index (χ4n) is 4.60. The monoisotopic (exact) mass is 546 g/mol. The Morgan fingerprint density at radius 1 is 1.02 bits per heavy atom. The summed E-state index contributed by atoms with van der Waals surface area (Å²) < 4.78 is 18.8. The van der Waals surface area contributed by atoms with Gasteiger partial charge in [0.05, 0.1) is 28.9 Å². The summed E-state index contributed by atoms with van der Waals surface area (Å²) in [5.74, 6) is -0.401. The van der Waals surface area contributed by atoms with Crippen molar-refractivity contribution < 1.29 is 4.39 Å². The van der Waals surface area contributed by atoms with Crippen LogP contribution in [-0.4, -0.2) is 39.0 Å². The second kappa shape index (κ2) is 11.3. The molecule has 1 aliphatic rings. The molecule has 1 aliphatic carbocycles. The maximum absolute atomic E-state index is 14.8. The molecule has 1 fully saturated rings. The topological polar surface area (TPSA) is 93.6 Å². The van der Waals surface area contributed by atoms with E-state index < -0.39 is 22.6 Å². The van der Waals surface area contributed by atoms with Gasteiger partial charge in [-0.2, -0.15) is 0 Å². The molecule has 10 heteroatoms. The van der Waals surface area contributed by atoms with E-state index in [1.807, 2.05) is 27.9 Å². The third kappa shape index (κ3) is 5.21. The van der Waals surface area contributed by atoms with Crippen LogP contribution in [-0.2, 0) is 7.05 Å². The van der Waals surface area contributed by atoms with Crippen molar-refractivity contribution in [2.45, 2.75) is 46.6 Å². The molecule has 2 aromatic heterocycles. The van der Waals surface area contributed by atoms with E-state index in [9.17, 15) is 18.8 Å². The lowest BCUT2D eigenvalue weighted by molar-refractivity contribution is 0.630. The van der Waals surface area contributed by atoms with Gasteiger partial charge in [0.15, 0.2) is 0 Å². The van der Waals surface area contributed by atoms with Crippen LogP contribution in [0.4, 0.5) is 21.6 Å². The SMILES string of the molecule is CC.Cc1ccc(Nc2c3c(=O)n(C4CC4)c(=O)n(-c4cccc(N=CN(C)C)c4)c3c(C)c(=O)n2C)c(F)c1. The molecule has 210 valence electrons. The van der Waals surface area contributed by atoms with Gasteiger partial charge in [0.1, 0.15) is 17.0 Å². The van der Waals surface area contributed by atoms with Crippen LogP contribution in [0, 0.1) is 19.7 Å². The second-order valence-corrected chi connectivity index (χ2v) is 9.92. The zero-order chi connectivity index (χ0) is 29.3. The van der Waals surface area contributed by atoms with Crippen LogP contribution in [0.3, 0.4) is 0 Å². The summed E-state index contributed by atoms with van der Waals surface area (Å²) in [6.07, 6.45) is 3.05. The summed E-state index contributed by atoms with van der Waals surface area (Å²) in [6.45, 7) is 7.36. The Morgan fingerprint density at radius 2 is 1.73 bits per heavy atom. The number of hydrogen-bond acceptors (Lipinski definition) is 5. The number of aliphatic imine (C=N–C) groups is 1. The first-order valence-electron chi connectivity index (χ1n) is 13.3. The second-order valence-electron chi connectivity index (χ2n) is 9.92. The van der Waals surface area contributed by atoms with Gasteiger partial charge in [-0.1, -0.05) is 26.0 Å². The molecule has 0 unspecified atom stereocenters. The van der Waals surface area contributed by atoms with Crippen LogP contribution in [0.5, 0.6) is 0 Å². The highest BCUT2D eigenvalue weighted by Crippen LogP contribution is 2.34. The molecule has 1 N–H and O–H groups in total. The third-order valence-electron chi connectivity index (χ3n) is 6.66. The summed E-state index contributed by atoms with van der Waals surface area (Å²) in [5.41, 5.74) is 0.880. The van der Waals surface area contributed by atoms with E-state index in [1.165, 1.54) is 26.8 Å². The van der Waals surface area contributed by atoms with Crippen LogP contribution < -0.4 is 22.1 Å². The Hall–Kier alpha value is -4.47. The number of aryl methyl sites for hydroxylation is 2. The van der Waals surface area contributed by atoms with Gasteiger partial charge in [0, 0.05) is 32.7 Å². The number of benzene rings is 2. The number of nitrogens with zero attached hydrogens (tertiary/aromatic N) is 5. The van der Waals surface area contributed by atoms with Crippen LogP contribution in [0.2, 0.25) is 0 Å². The van der Waals surface area contributed by atoms with Crippen molar-refractivity contribution in [1.29, 1.82) is 0 Å². The van der Waals surface area contributed by atoms with Crippen molar-refractivity contribution in [2.24, 2.45) is 12.0 Å². The maximum Gasteiger partial charge on any atom is 0.336 e. The standard InChI is InChI=1S/C28H29FN6O3.C2H6/c1-16-9-12-22(21(29)13-16)31-25-23-24(17(2)26(36)33(25)5)34(28(38)35(27(23)37)19-10-11-19)20-8-6-7-18(14-20)30-15-32(3)4;1-2/h6-9,12-15,19,31H,10-11H2,1-5H3;1-2H3. The van der Waals surface area contributed by atoms with E-state index in [1.54, 1.807) is 61.5 Å². The minimum absolute atomic E-state index is 0.117. The minimum Gasteiger partial charge on any atom is -0.369 e. The summed E-state index contributed by atoms with van der Waals surface area (Å²) in [4.78, 5) is 47.4. The third-order valence-corrected chi connectivity index (χ3v) is 6.66. The maximum atomic E-state index is 14.8. The Morgan fingerprint density at radius 3 is 2.35 bits per heavy atom. The van der Waals surface area contributed by atoms with E-state index in [2.05, 4.69) is 10.3 Å². The highest BCUT2D eigenvalue weighted by Gasteiger charge is 2.31. The first kappa shape index (κ1) is 28.5. The van der Waals surface area contributed by atoms with Gasteiger partial charge >= 0.3 is 5.69 Å². The van der Waals surface area contributed by atoms with Crippen molar-refractivity contribution in [3.63, 3.8) is 0 Å². The van der Waals surface area contributed by atoms with Crippen molar-refractivity contribution in [3.05, 3.63) is 90.6 Å². The smallest absolute Gasteiger partial charge is 0.336 e. The Labute approximate surface area is 231 Å². The summed E-state index contributed by atoms with van der Waals surface area (Å²) in [6, 6.07) is 11.5. The first-order chi connectivity index (χ1) is 19.1. The number of fused-ring (bicyclic) bond motifs is 1. The first-order valence-corrected chi connectivity index (χ1v) is 13.3. The van der Waals surface area contributed by atoms with Crippen LogP contribution in [0.15, 0.2) is 61.8 Å². The molecule has 0 aliphatic heterocycles. The van der Waals surface area contributed by atoms with E-state index in [4.69, 9.17) is 0 Å². The lowest BCUT2D eigenvalue weighted by Crippen LogP contribution is -2.41. The molecule has 40 heavy (non-hydrogen) atoms. The molecule has 0 bridgehead atoms. The van der Waals surface area contributed by atoms with Gasteiger partial charge in [-0.05, 0) is 62.6 Å². The van der Waals surface area contributed by atoms with Crippen molar-refractivity contribution in [2.75, 3.05) is 19.4 Å². The molecule has 2 aromatic carbocycles. The van der Waals surface area contributed by atoms with Gasteiger partial charge in [-0.25, -0.2) is 14.2 Å². The Bertz CT molecular complexity index is 1790. The van der Waals surface area contributed by atoms with Crippen molar-refractivity contribution in [1.82, 2.24) is 18.6 Å². The van der Waals surface area contributed by atoms with Crippen molar-refractivity contribution in [3.8, 4) is 5.69 Å². The summed E-state index contributed by atoms with van der Waals surface area (Å²) >= 11 is 0. The number of nitrogens with one attached hydrogen (secondary N) is 1. The fraction of sp³-hybridized carbons (Fsp3) is 0.333. The molecule has 1 saturated carbocycles. The van der Waals surface area contributed by atoms with Gasteiger partial charge in [-0.15, -0.1) is 0 Å². The van der Waals surface area contributed by atoms with Crippen LogP contribution >= 0.6 is 0 Å². The highest BCUT2D eigenvalue weighted by atomic mass is 19.1. The van der Waals surface area contributed by atoms with Gasteiger partial charge in [0.25, 0.3) is 11.1 Å². The Kier molecular flexibility index (Phi) is 8.08. The van der Waals surface area contributed by atoms with E-state index in [-0.39, 0.29) is 34.0 Å². The molecule has 0 amide bonds. The molecule has 9 nitrogen and oxygen atoms in total. The average Bonchev–Trinajstić information content (AvgIpc) is 3.76. The number of anilines is 2. The molecule has 0 saturated heterocycles. The number of pyridine rings is 1. The molecule has 0 spiro atoms. The predicted molar refractivity (Wildman–Crippen MR) is 160 cm³/mol. The normalized spacial score (nSPS) is 12.9. The van der Waals surface area contributed by atoms with E-state index in [0.717, 1.165) is 5.56 Å². The summed E-state index contributed by atoms with van der Waals surface area (Å²) in [7, 11) is 5.22.